The molecule has 0 saturated heterocycles. The molecule has 0 aliphatic rings. The van der Waals surface area contributed by atoms with Crippen LogP contribution in [0.3, 0.4) is 0 Å². The molecule has 1 heterocycles. The molecule has 1 aromatic rings. The molecule has 0 amide bonds. The Kier molecular flexibility index (Phi) is 3.30. The number of rotatable bonds is 2. The fourth-order valence-electron chi connectivity index (χ4n) is 1.03. The van der Waals surface area contributed by atoms with Gasteiger partial charge in [-0.1, -0.05) is 0 Å². The molecule has 0 spiro atoms. The van der Waals surface area contributed by atoms with E-state index >= 15 is 0 Å². The van der Waals surface area contributed by atoms with Crippen LogP contribution in [-0.4, -0.2) is 12.1 Å². The van der Waals surface area contributed by atoms with Crippen LogP contribution in [0.25, 0.3) is 0 Å². The first-order valence-corrected chi connectivity index (χ1v) is 3.87. The van der Waals surface area contributed by atoms with E-state index < -0.39 is 35.6 Å². The Balaban J connectivity index is 3.41. The van der Waals surface area contributed by atoms with E-state index in [2.05, 4.69) is 9.72 Å². The van der Waals surface area contributed by atoms with Gasteiger partial charge in [-0.05, 0) is 0 Å². The van der Waals surface area contributed by atoms with Gasteiger partial charge in [-0.25, -0.2) is 18.2 Å². The van der Waals surface area contributed by atoms with Crippen molar-refractivity contribution in [3.05, 3.63) is 23.1 Å². The van der Waals surface area contributed by atoms with Gasteiger partial charge >= 0.3 is 6.18 Å². The zero-order valence-electron chi connectivity index (χ0n) is 7.78. The van der Waals surface area contributed by atoms with E-state index in [-0.39, 0.29) is 6.07 Å². The lowest BCUT2D eigenvalue weighted by atomic mass is 10.2. The van der Waals surface area contributed by atoms with Gasteiger partial charge in [0.25, 0.3) is 6.43 Å². The molecule has 0 saturated carbocycles. The second kappa shape index (κ2) is 4.18. The molecule has 0 aliphatic heterocycles. The lowest BCUT2D eigenvalue weighted by molar-refractivity contribution is -0.141. The third-order valence-corrected chi connectivity index (χ3v) is 1.66. The molecule has 16 heavy (non-hydrogen) atoms. The molecule has 0 atom stereocenters. The van der Waals surface area contributed by atoms with Gasteiger partial charge in [0.05, 0.1) is 7.11 Å². The van der Waals surface area contributed by atoms with Crippen LogP contribution in [0.2, 0.25) is 0 Å². The highest BCUT2D eigenvalue weighted by molar-refractivity contribution is 5.32. The van der Waals surface area contributed by atoms with Crippen LogP contribution in [0, 0.1) is 5.82 Å². The maximum absolute atomic E-state index is 13.0. The number of hydrogen-bond acceptors (Lipinski definition) is 2. The summed E-state index contributed by atoms with van der Waals surface area (Å²) in [4.78, 5) is 2.89. The Bertz CT molecular complexity index is 389. The van der Waals surface area contributed by atoms with E-state index in [9.17, 15) is 26.3 Å². The Morgan fingerprint density at radius 3 is 2.25 bits per heavy atom. The minimum Gasteiger partial charge on any atom is -0.480 e. The van der Waals surface area contributed by atoms with Crippen molar-refractivity contribution >= 4 is 0 Å². The topological polar surface area (TPSA) is 22.1 Å². The Morgan fingerprint density at radius 2 is 1.88 bits per heavy atom. The second-order valence-electron chi connectivity index (χ2n) is 2.71. The quantitative estimate of drug-likeness (QED) is 0.746. The zero-order valence-corrected chi connectivity index (χ0v) is 7.78. The van der Waals surface area contributed by atoms with Crippen LogP contribution >= 0.6 is 0 Å². The normalized spacial score (nSPS) is 12.0. The van der Waals surface area contributed by atoms with Crippen LogP contribution in [0.15, 0.2) is 6.07 Å². The van der Waals surface area contributed by atoms with Crippen molar-refractivity contribution in [2.24, 2.45) is 0 Å². The summed E-state index contributed by atoms with van der Waals surface area (Å²) in [6.07, 6.45) is -8.23. The average molecular weight is 245 g/mol. The highest BCUT2D eigenvalue weighted by Crippen LogP contribution is 2.38. The van der Waals surface area contributed by atoms with Crippen molar-refractivity contribution < 1.29 is 31.1 Å². The van der Waals surface area contributed by atoms with Gasteiger partial charge in [0, 0.05) is 6.07 Å². The van der Waals surface area contributed by atoms with Gasteiger partial charge < -0.3 is 4.74 Å². The van der Waals surface area contributed by atoms with E-state index in [0.29, 0.717) is 0 Å². The van der Waals surface area contributed by atoms with Crippen molar-refractivity contribution in [3.63, 3.8) is 0 Å². The average Bonchev–Trinajstić information content (AvgIpc) is 2.14. The first-order valence-electron chi connectivity index (χ1n) is 3.87. The maximum atomic E-state index is 13.0. The number of alkyl halides is 5. The SMILES string of the molecule is COc1nc(C(F)F)cc(F)c1C(F)(F)F. The number of hydrogen-bond donors (Lipinski definition) is 0. The van der Waals surface area contributed by atoms with Crippen molar-refractivity contribution in [2.45, 2.75) is 12.6 Å². The molecular weight excluding hydrogens is 240 g/mol. The van der Waals surface area contributed by atoms with E-state index in [1.165, 1.54) is 0 Å². The molecule has 0 N–H and O–H groups in total. The molecule has 8 heteroatoms. The minimum atomic E-state index is -5.05. The molecule has 0 aromatic carbocycles. The largest absolute Gasteiger partial charge is 0.480 e. The molecule has 0 fully saturated rings. The summed E-state index contributed by atoms with van der Waals surface area (Å²) >= 11 is 0. The Hall–Kier alpha value is -1.47. The van der Waals surface area contributed by atoms with E-state index in [0.717, 1.165) is 7.11 Å². The summed E-state index contributed by atoms with van der Waals surface area (Å²) in [5, 5.41) is 0. The van der Waals surface area contributed by atoms with Crippen LogP contribution < -0.4 is 4.74 Å². The van der Waals surface area contributed by atoms with Gasteiger partial charge in [0.2, 0.25) is 5.88 Å². The monoisotopic (exact) mass is 245 g/mol. The summed E-state index contributed by atoms with van der Waals surface area (Å²) < 4.78 is 78.2. The third-order valence-electron chi connectivity index (χ3n) is 1.66. The number of ether oxygens (including phenoxy) is 1. The first-order chi connectivity index (χ1) is 7.27. The minimum absolute atomic E-state index is 0.0377. The van der Waals surface area contributed by atoms with Crippen LogP contribution in [0.1, 0.15) is 17.7 Å². The van der Waals surface area contributed by atoms with E-state index in [1.54, 1.807) is 0 Å². The molecule has 90 valence electrons. The van der Waals surface area contributed by atoms with Crippen molar-refractivity contribution in [2.75, 3.05) is 7.11 Å². The molecule has 0 aliphatic carbocycles. The number of aromatic nitrogens is 1. The summed E-state index contributed by atoms with van der Waals surface area (Å²) in [6, 6.07) is 0.0377. The molecule has 0 radical (unpaired) electrons. The highest BCUT2D eigenvalue weighted by Gasteiger charge is 2.39. The molecule has 1 aromatic heterocycles. The van der Waals surface area contributed by atoms with Crippen molar-refractivity contribution in [3.8, 4) is 5.88 Å². The number of pyridine rings is 1. The Morgan fingerprint density at radius 1 is 1.31 bits per heavy atom. The summed E-state index contributed by atoms with van der Waals surface area (Å²) in [6.45, 7) is 0. The standard InChI is InChI=1S/C8H5F6NO/c1-16-7-5(8(12,13)14)3(9)2-4(15-7)6(10)11/h2,6H,1H3. The van der Waals surface area contributed by atoms with Crippen molar-refractivity contribution in [1.82, 2.24) is 4.98 Å². The fourth-order valence-corrected chi connectivity index (χ4v) is 1.03. The number of nitrogens with zero attached hydrogens (tertiary/aromatic N) is 1. The van der Waals surface area contributed by atoms with Crippen LogP contribution in [-0.2, 0) is 6.18 Å². The second-order valence-corrected chi connectivity index (χ2v) is 2.71. The van der Waals surface area contributed by atoms with Gasteiger partial charge in [-0.3, -0.25) is 0 Å². The van der Waals surface area contributed by atoms with E-state index in [1.807, 2.05) is 0 Å². The fraction of sp³-hybridized carbons (Fsp3) is 0.375. The predicted molar refractivity (Wildman–Crippen MR) is 40.7 cm³/mol. The lowest BCUT2D eigenvalue weighted by Crippen LogP contribution is -2.13. The van der Waals surface area contributed by atoms with Crippen LogP contribution in [0.4, 0.5) is 26.3 Å². The van der Waals surface area contributed by atoms with Crippen LogP contribution in [0.5, 0.6) is 5.88 Å². The van der Waals surface area contributed by atoms with Gasteiger partial charge in [0.15, 0.2) is 5.56 Å². The number of methoxy groups -OCH3 is 1. The summed E-state index contributed by atoms with van der Waals surface area (Å²) in [5.74, 6) is -3.04. The van der Waals surface area contributed by atoms with E-state index in [4.69, 9.17) is 0 Å². The van der Waals surface area contributed by atoms with Gasteiger partial charge in [0.1, 0.15) is 11.5 Å². The Labute approximate surface area is 85.9 Å². The smallest absolute Gasteiger partial charge is 0.424 e. The lowest BCUT2D eigenvalue weighted by Gasteiger charge is -2.12. The first kappa shape index (κ1) is 12.6. The predicted octanol–water partition coefficient (Wildman–Crippen LogP) is 3.19. The highest BCUT2D eigenvalue weighted by atomic mass is 19.4. The molecule has 1 rings (SSSR count). The third kappa shape index (κ3) is 2.37. The molecule has 2 nitrogen and oxygen atoms in total. The van der Waals surface area contributed by atoms with Crippen molar-refractivity contribution in [1.29, 1.82) is 0 Å². The molecule has 0 unspecified atom stereocenters. The summed E-state index contributed by atoms with van der Waals surface area (Å²) in [7, 11) is 0.784. The molecular formula is C8H5F6NO. The summed E-state index contributed by atoms with van der Waals surface area (Å²) in [5.41, 5.74) is -2.90. The van der Waals surface area contributed by atoms with Gasteiger partial charge in [-0.15, -0.1) is 0 Å². The maximum Gasteiger partial charge on any atom is 0.424 e. The molecule has 0 bridgehead atoms. The zero-order chi connectivity index (χ0) is 12.5. The number of halogens is 6. The van der Waals surface area contributed by atoms with Gasteiger partial charge in [-0.2, -0.15) is 13.2 Å².